The van der Waals surface area contributed by atoms with Gasteiger partial charge in [0.05, 0.1) is 11.0 Å². The van der Waals surface area contributed by atoms with E-state index in [1.807, 2.05) is 47.1 Å². The molecule has 3 aliphatic rings. The van der Waals surface area contributed by atoms with E-state index >= 15 is 0 Å². The first-order valence-electron chi connectivity index (χ1n) is 16.3. The first-order valence-corrected chi connectivity index (χ1v) is 18.2. The maximum absolute atomic E-state index is 13.7. The number of halogens is 1. The van der Waals surface area contributed by atoms with Gasteiger partial charge in [0, 0.05) is 56.3 Å². The Bertz CT molecular complexity index is 1440. The van der Waals surface area contributed by atoms with E-state index in [0.29, 0.717) is 56.4 Å². The number of amides is 2. The average Bonchev–Trinajstić information content (AvgIpc) is 3.49. The summed E-state index contributed by atoms with van der Waals surface area (Å²) >= 11 is 6.46. The first-order chi connectivity index (χ1) is 21.5. The Hall–Kier alpha value is -2.50. The second-order valence-corrected chi connectivity index (χ2v) is 15.3. The van der Waals surface area contributed by atoms with Crippen molar-refractivity contribution in [2.24, 2.45) is 11.8 Å². The second-order valence-electron chi connectivity index (χ2n) is 13.0. The molecular formula is C34H47ClN4O5S. The number of nitrogens with zero attached hydrogens (tertiary/aromatic N) is 4. The molecular weight excluding hydrogens is 612 g/mol. The fourth-order valence-corrected chi connectivity index (χ4v) is 8.52. The van der Waals surface area contributed by atoms with Gasteiger partial charge in [-0.2, -0.15) is 4.31 Å². The number of aryl methyl sites for hydroxylation is 1. The number of hydrogen-bond acceptors (Lipinski definition) is 6. The van der Waals surface area contributed by atoms with Gasteiger partial charge >= 0.3 is 0 Å². The quantitative estimate of drug-likeness (QED) is 0.408. The molecule has 2 aromatic rings. The van der Waals surface area contributed by atoms with E-state index < -0.39 is 16.1 Å². The summed E-state index contributed by atoms with van der Waals surface area (Å²) in [4.78, 5) is 32.0. The molecule has 11 heteroatoms. The molecule has 3 aliphatic heterocycles. The predicted octanol–water partition coefficient (Wildman–Crippen LogP) is 4.34. The number of hydrogen-bond donors (Lipinski definition) is 1. The molecule has 2 aromatic carbocycles. The number of aliphatic hydroxyl groups excluding tert-OH is 1. The van der Waals surface area contributed by atoms with E-state index in [-0.39, 0.29) is 29.2 Å². The van der Waals surface area contributed by atoms with Crippen LogP contribution in [0.3, 0.4) is 0 Å². The van der Waals surface area contributed by atoms with Crippen LogP contribution in [-0.4, -0.2) is 97.9 Å². The lowest BCUT2D eigenvalue weighted by Crippen LogP contribution is -2.45. The summed E-state index contributed by atoms with van der Waals surface area (Å²) in [6.07, 6.45) is 5.21. The van der Waals surface area contributed by atoms with Crippen LogP contribution in [0.4, 0.5) is 5.69 Å². The highest BCUT2D eigenvalue weighted by Crippen LogP contribution is 2.29. The van der Waals surface area contributed by atoms with Crippen LogP contribution in [0, 0.1) is 18.8 Å². The molecule has 246 valence electrons. The standard InChI is InChI=1S/C34H47ClN4O5S/c1-25-4-7-30(23-33(25)35)39(34(42)29-12-19-37(20-13-29)26(2)40)16-3-15-36-17-10-28(11-18-36)22-27-5-8-32(9-6-27)45(43,44)38-21-14-31(41)24-38/h4-9,23,28-29,31,41H,3,10-22,24H2,1-2H3. The number of carbonyl (C=O) groups is 2. The van der Waals surface area contributed by atoms with E-state index in [1.54, 1.807) is 19.1 Å². The van der Waals surface area contributed by atoms with E-state index in [1.165, 1.54) is 4.31 Å². The molecule has 0 aromatic heterocycles. The van der Waals surface area contributed by atoms with Crippen LogP contribution in [0.5, 0.6) is 0 Å². The Kier molecular flexibility index (Phi) is 11.2. The smallest absolute Gasteiger partial charge is 0.243 e. The molecule has 45 heavy (non-hydrogen) atoms. The Morgan fingerprint density at radius 2 is 1.64 bits per heavy atom. The molecule has 3 saturated heterocycles. The molecule has 0 bridgehead atoms. The SMILES string of the molecule is CC(=O)N1CCC(C(=O)N(CCCN2CCC(Cc3ccc(S(=O)(=O)N4CCC(O)C4)cc3)CC2)c2ccc(C)c(Cl)c2)CC1. The summed E-state index contributed by atoms with van der Waals surface area (Å²) in [5.41, 5.74) is 2.96. The minimum atomic E-state index is -3.56. The Morgan fingerprint density at radius 1 is 0.956 bits per heavy atom. The molecule has 3 fully saturated rings. The van der Waals surface area contributed by atoms with Crippen molar-refractivity contribution in [3.8, 4) is 0 Å². The van der Waals surface area contributed by atoms with Crippen LogP contribution in [0.1, 0.15) is 56.6 Å². The van der Waals surface area contributed by atoms with Gasteiger partial charge in [0.15, 0.2) is 0 Å². The summed E-state index contributed by atoms with van der Waals surface area (Å²) in [5, 5.41) is 10.4. The summed E-state index contributed by atoms with van der Waals surface area (Å²) in [6.45, 7) is 8.85. The third-order valence-electron chi connectivity index (χ3n) is 9.80. The van der Waals surface area contributed by atoms with Gasteiger partial charge in [-0.25, -0.2) is 8.42 Å². The maximum Gasteiger partial charge on any atom is 0.243 e. The lowest BCUT2D eigenvalue weighted by atomic mass is 9.90. The maximum atomic E-state index is 13.7. The normalized spacial score (nSPS) is 20.9. The highest BCUT2D eigenvalue weighted by Gasteiger charge is 2.32. The predicted molar refractivity (Wildman–Crippen MR) is 177 cm³/mol. The van der Waals surface area contributed by atoms with Crippen LogP contribution < -0.4 is 4.90 Å². The number of sulfonamides is 1. The van der Waals surface area contributed by atoms with Gasteiger partial charge in [0.2, 0.25) is 21.8 Å². The molecule has 1 N–H and O–H groups in total. The molecule has 0 spiro atoms. The number of carbonyl (C=O) groups excluding carboxylic acids is 2. The lowest BCUT2D eigenvalue weighted by molar-refractivity contribution is -0.133. The van der Waals surface area contributed by atoms with Gasteiger partial charge in [-0.3, -0.25) is 9.59 Å². The van der Waals surface area contributed by atoms with Gasteiger partial charge in [-0.05, 0) is 113 Å². The van der Waals surface area contributed by atoms with Crippen molar-refractivity contribution in [2.75, 3.05) is 57.3 Å². The first kappa shape index (κ1) is 33.9. The fraction of sp³-hybridized carbons (Fsp3) is 0.588. The zero-order valence-corrected chi connectivity index (χ0v) is 28.1. The highest BCUT2D eigenvalue weighted by molar-refractivity contribution is 7.89. The number of aliphatic hydroxyl groups is 1. The number of piperidine rings is 2. The Morgan fingerprint density at radius 3 is 2.24 bits per heavy atom. The number of rotatable bonds is 10. The summed E-state index contributed by atoms with van der Waals surface area (Å²) in [5.74, 6) is 0.633. The van der Waals surface area contributed by atoms with Crippen molar-refractivity contribution in [3.63, 3.8) is 0 Å². The lowest BCUT2D eigenvalue weighted by Gasteiger charge is -2.35. The summed E-state index contributed by atoms with van der Waals surface area (Å²) in [7, 11) is -3.56. The minimum absolute atomic E-state index is 0.0651. The summed E-state index contributed by atoms with van der Waals surface area (Å²) < 4.78 is 27.1. The number of benzene rings is 2. The molecule has 2 amide bonds. The second kappa shape index (κ2) is 14.9. The molecule has 9 nitrogen and oxygen atoms in total. The van der Waals surface area contributed by atoms with Crippen LogP contribution >= 0.6 is 11.6 Å². The zero-order valence-electron chi connectivity index (χ0n) is 26.5. The van der Waals surface area contributed by atoms with E-state index in [4.69, 9.17) is 11.6 Å². The highest BCUT2D eigenvalue weighted by atomic mass is 35.5. The number of anilines is 1. The molecule has 0 aliphatic carbocycles. The monoisotopic (exact) mass is 658 g/mol. The van der Waals surface area contributed by atoms with Crippen LogP contribution in [0.2, 0.25) is 5.02 Å². The van der Waals surface area contributed by atoms with E-state index in [0.717, 1.165) is 62.1 Å². The van der Waals surface area contributed by atoms with Crippen molar-refractivity contribution < 1.29 is 23.1 Å². The molecule has 5 rings (SSSR count). The topological polar surface area (TPSA) is 101 Å². The molecule has 0 radical (unpaired) electrons. The third kappa shape index (κ3) is 8.46. The minimum Gasteiger partial charge on any atom is -0.392 e. The van der Waals surface area contributed by atoms with Crippen molar-refractivity contribution in [3.05, 3.63) is 58.6 Å². The van der Waals surface area contributed by atoms with Crippen molar-refractivity contribution in [1.29, 1.82) is 0 Å². The van der Waals surface area contributed by atoms with Gasteiger partial charge < -0.3 is 19.8 Å². The largest absolute Gasteiger partial charge is 0.392 e. The zero-order chi connectivity index (χ0) is 32.1. The molecule has 3 heterocycles. The molecule has 1 atom stereocenters. The van der Waals surface area contributed by atoms with Crippen LogP contribution in [-0.2, 0) is 26.0 Å². The number of likely N-dealkylation sites (tertiary alicyclic amines) is 2. The van der Waals surface area contributed by atoms with Crippen molar-refractivity contribution in [2.45, 2.75) is 69.8 Å². The fourth-order valence-electron chi connectivity index (χ4n) is 6.85. The van der Waals surface area contributed by atoms with Gasteiger partial charge in [-0.1, -0.05) is 29.8 Å². The average molecular weight is 659 g/mol. The Balaban J connectivity index is 1.11. The van der Waals surface area contributed by atoms with E-state index in [2.05, 4.69) is 4.90 Å². The summed E-state index contributed by atoms with van der Waals surface area (Å²) in [6, 6.07) is 13.1. The van der Waals surface area contributed by atoms with Crippen molar-refractivity contribution in [1.82, 2.24) is 14.1 Å². The van der Waals surface area contributed by atoms with E-state index in [9.17, 15) is 23.1 Å². The molecule has 1 unspecified atom stereocenters. The molecule has 0 saturated carbocycles. The van der Waals surface area contributed by atoms with Crippen LogP contribution in [0.15, 0.2) is 47.4 Å². The Labute approximate surface area is 273 Å². The third-order valence-corrected chi connectivity index (χ3v) is 12.1. The van der Waals surface area contributed by atoms with Gasteiger partial charge in [0.25, 0.3) is 0 Å². The van der Waals surface area contributed by atoms with Gasteiger partial charge in [0.1, 0.15) is 0 Å². The van der Waals surface area contributed by atoms with Crippen LogP contribution in [0.25, 0.3) is 0 Å². The van der Waals surface area contributed by atoms with Crippen molar-refractivity contribution >= 4 is 39.1 Å². The number of β-amino-alcohol motifs (C(OH)–C–C–N with tert-alkyl or cyclic N) is 1. The van der Waals surface area contributed by atoms with Gasteiger partial charge in [-0.15, -0.1) is 0 Å².